The highest BCUT2D eigenvalue weighted by Gasteiger charge is 2.46. The summed E-state index contributed by atoms with van der Waals surface area (Å²) in [5.74, 6) is 3.54. The van der Waals surface area contributed by atoms with E-state index in [-0.39, 0.29) is 24.8 Å². The van der Waals surface area contributed by atoms with Crippen molar-refractivity contribution in [3.63, 3.8) is 0 Å². The molecule has 2 aliphatic rings. The maximum absolute atomic E-state index is 5.30. The molecule has 4 rings (SSSR count). The van der Waals surface area contributed by atoms with E-state index < -0.39 is 0 Å². The molecule has 0 amide bonds. The highest BCUT2D eigenvalue weighted by Crippen LogP contribution is 2.44. The fraction of sp³-hybridized carbons (Fsp3) is 0.526. The largest absolute Gasteiger partial charge is 0.497 e. The van der Waals surface area contributed by atoms with Gasteiger partial charge in [0.15, 0.2) is 0 Å². The molecular weight excluding hydrogens is 371 g/mol. The zero-order valence-corrected chi connectivity index (χ0v) is 17.2. The summed E-state index contributed by atoms with van der Waals surface area (Å²) in [5.41, 5.74) is 1.41. The van der Waals surface area contributed by atoms with Crippen molar-refractivity contribution in [2.75, 3.05) is 33.8 Å². The van der Waals surface area contributed by atoms with Gasteiger partial charge < -0.3 is 9.30 Å². The average Bonchev–Trinajstić information content (AvgIpc) is 3.23. The molecule has 0 spiro atoms. The monoisotopic (exact) mass is 398 g/mol. The molecule has 7 heteroatoms. The van der Waals surface area contributed by atoms with Gasteiger partial charge in [-0.05, 0) is 36.6 Å². The van der Waals surface area contributed by atoms with Gasteiger partial charge in [-0.2, -0.15) is 0 Å². The summed E-state index contributed by atoms with van der Waals surface area (Å²) in [6.45, 7) is 4.46. The van der Waals surface area contributed by atoms with Crippen molar-refractivity contribution < 1.29 is 4.74 Å². The van der Waals surface area contributed by atoms with Crippen LogP contribution in [0, 0.1) is 11.8 Å². The van der Waals surface area contributed by atoms with Crippen molar-refractivity contribution in [3.05, 3.63) is 48.0 Å². The second kappa shape index (κ2) is 8.61. The number of aryl methyl sites for hydroxylation is 1. The number of ether oxygens (including phenoxy) is 1. The van der Waals surface area contributed by atoms with E-state index in [1.54, 1.807) is 7.11 Å². The molecule has 2 aliphatic heterocycles. The van der Waals surface area contributed by atoms with Crippen LogP contribution in [0.5, 0.6) is 5.75 Å². The molecule has 0 radical (unpaired) electrons. The van der Waals surface area contributed by atoms with Crippen LogP contribution in [0.3, 0.4) is 0 Å². The Morgan fingerprint density at radius 3 is 2.42 bits per heavy atom. The van der Waals surface area contributed by atoms with E-state index >= 15 is 0 Å². The van der Waals surface area contributed by atoms with Gasteiger partial charge in [0.2, 0.25) is 0 Å². The van der Waals surface area contributed by atoms with Gasteiger partial charge in [0.25, 0.3) is 0 Å². The predicted octanol–water partition coefficient (Wildman–Crippen LogP) is 3.01. The first-order valence-corrected chi connectivity index (χ1v) is 8.68. The first-order chi connectivity index (χ1) is 11.7. The molecule has 1 aromatic heterocycles. The molecule has 2 aromatic rings. The number of benzene rings is 1. The Bertz CT molecular complexity index is 706. The number of hydrogen-bond acceptors (Lipinski definition) is 4. The summed E-state index contributed by atoms with van der Waals surface area (Å²) >= 11 is 0. The van der Waals surface area contributed by atoms with Crippen LogP contribution in [0.25, 0.3) is 0 Å². The Balaban J connectivity index is 0.00000121. The lowest BCUT2D eigenvalue weighted by Gasteiger charge is -2.27. The van der Waals surface area contributed by atoms with E-state index in [4.69, 9.17) is 4.74 Å². The van der Waals surface area contributed by atoms with Crippen LogP contribution in [-0.2, 0) is 13.6 Å². The summed E-state index contributed by atoms with van der Waals surface area (Å²) in [7, 11) is 6.06. The van der Waals surface area contributed by atoms with E-state index in [1.807, 2.05) is 12.4 Å². The number of rotatable bonds is 4. The lowest BCUT2D eigenvalue weighted by atomic mass is 9.89. The smallest absolute Gasteiger partial charge is 0.122 e. The maximum atomic E-state index is 5.30. The Morgan fingerprint density at radius 2 is 1.81 bits per heavy atom. The zero-order valence-electron chi connectivity index (χ0n) is 15.5. The molecule has 2 saturated heterocycles. The molecule has 144 valence electrons. The molecule has 3 heterocycles. The molecule has 0 bridgehead atoms. The zero-order chi connectivity index (χ0) is 16.7. The van der Waals surface area contributed by atoms with Gasteiger partial charge in [-0.25, -0.2) is 4.98 Å². The van der Waals surface area contributed by atoms with Crippen LogP contribution in [0.4, 0.5) is 0 Å². The number of methoxy groups -OCH3 is 1. The summed E-state index contributed by atoms with van der Waals surface area (Å²) in [4.78, 5) is 9.58. The van der Waals surface area contributed by atoms with E-state index in [2.05, 4.69) is 57.7 Å². The highest BCUT2D eigenvalue weighted by atomic mass is 35.5. The van der Waals surface area contributed by atoms with Crippen LogP contribution >= 0.6 is 24.8 Å². The summed E-state index contributed by atoms with van der Waals surface area (Å²) in [5, 5.41) is 0. The van der Waals surface area contributed by atoms with Crippen molar-refractivity contribution >= 4 is 24.8 Å². The molecule has 2 fully saturated rings. The average molecular weight is 399 g/mol. The molecule has 5 nitrogen and oxygen atoms in total. The fourth-order valence-corrected chi connectivity index (χ4v) is 4.53. The normalized spacial score (nSPS) is 25.4. The molecule has 1 aromatic carbocycles. The topological polar surface area (TPSA) is 33.5 Å². The SMILES string of the molecule is COc1ccc([C@@H]2[C@@H]3CN(Cc4nccn4C)C[C@@H]3CN2C)cc1.Cl.Cl. The first-order valence-electron chi connectivity index (χ1n) is 8.68. The minimum absolute atomic E-state index is 0. The van der Waals surface area contributed by atoms with E-state index in [0.29, 0.717) is 12.0 Å². The summed E-state index contributed by atoms with van der Waals surface area (Å²) < 4.78 is 7.43. The van der Waals surface area contributed by atoms with Crippen molar-refractivity contribution in [2.24, 2.45) is 18.9 Å². The Hall–Kier alpha value is -1.27. The van der Waals surface area contributed by atoms with Crippen LogP contribution in [0.15, 0.2) is 36.7 Å². The molecule has 26 heavy (non-hydrogen) atoms. The second-order valence-corrected chi connectivity index (χ2v) is 7.23. The van der Waals surface area contributed by atoms with E-state index in [0.717, 1.165) is 30.6 Å². The molecule has 0 N–H and O–H groups in total. The van der Waals surface area contributed by atoms with Crippen LogP contribution in [0.2, 0.25) is 0 Å². The van der Waals surface area contributed by atoms with E-state index in [1.165, 1.54) is 18.7 Å². The number of fused-ring (bicyclic) bond motifs is 1. The predicted molar refractivity (Wildman–Crippen MR) is 108 cm³/mol. The standard InChI is InChI=1S/C19H26N4O.2ClH/c1-21-9-8-20-18(21)13-23-11-15-10-22(2)19(17(15)12-23)14-4-6-16(24-3)7-5-14;;/h4-9,15,17,19H,10-13H2,1-3H3;2*1H/t15-,17+,19+;;/m0../s1. The van der Waals surface area contributed by atoms with Crippen molar-refractivity contribution in [2.45, 2.75) is 12.6 Å². The van der Waals surface area contributed by atoms with Gasteiger partial charge in [0.05, 0.1) is 13.7 Å². The van der Waals surface area contributed by atoms with Gasteiger partial charge in [0.1, 0.15) is 11.6 Å². The van der Waals surface area contributed by atoms with Gasteiger partial charge in [0, 0.05) is 45.1 Å². The van der Waals surface area contributed by atoms with Gasteiger partial charge in [-0.1, -0.05) is 12.1 Å². The fourth-order valence-electron chi connectivity index (χ4n) is 4.53. The number of halogens is 2. The minimum atomic E-state index is 0. The van der Waals surface area contributed by atoms with Gasteiger partial charge in [-0.15, -0.1) is 24.8 Å². The molecule has 0 saturated carbocycles. The van der Waals surface area contributed by atoms with Crippen molar-refractivity contribution in [1.82, 2.24) is 19.4 Å². The van der Waals surface area contributed by atoms with E-state index in [9.17, 15) is 0 Å². The third-order valence-corrected chi connectivity index (χ3v) is 5.71. The van der Waals surface area contributed by atoms with Crippen LogP contribution in [0.1, 0.15) is 17.4 Å². The second-order valence-electron chi connectivity index (χ2n) is 7.23. The lowest BCUT2D eigenvalue weighted by molar-refractivity contribution is 0.221. The Kier molecular flexibility index (Phi) is 6.97. The molecule has 0 unspecified atom stereocenters. The van der Waals surface area contributed by atoms with Gasteiger partial charge in [-0.3, -0.25) is 9.80 Å². The number of imidazole rings is 1. The quantitative estimate of drug-likeness (QED) is 0.792. The minimum Gasteiger partial charge on any atom is -0.497 e. The maximum Gasteiger partial charge on any atom is 0.122 e. The Labute approximate surface area is 168 Å². The third kappa shape index (κ3) is 3.86. The number of hydrogen-bond donors (Lipinski definition) is 0. The molecule has 3 atom stereocenters. The Morgan fingerprint density at radius 1 is 1.08 bits per heavy atom. The molecule has 0 aliphatic carbocycles. The van der Waals surface area contributed by atoms with Crippen LogP contribution in [-0.4, -0.2) is 53.1 Å². The summed E-state index contributed by atoms with van der Waals surface area (Å²) in [6.07, 6.45) is 3.92. The lowest BCUT2D eigenvalue weighted by Crippen LogP contribution is -2.29. The third-order valence-electron chi connectivity index (χ3n) is 5.71. The van der Waals surface area contributed by atoms with Crippen molar-refractivity contribution in [3.8, 4) is 5.75 Å². The van der Waals surface area contributed by atoms with Gasteiger partial charge >= 0.3 is 0 Å². The first kappa shape index (κ1) is 21.0. The number of nitrogens with zero attached hydrogens (tertiary/aromatic N) is 4. The number of likely N-dealkylation sites (tertiary alicyclic amines) is 2. The van der Waals surface area contributed by atoms with Crippen molar-refractivity contribution in [1.29, 1.82) is 0 Å². The molecular formula is C19H28Cl2N4O. The highest BCUT2D eigenvalue weighted by molar-refractivity contribution is 5.85. The van der Waals surface area contributed by atoms with Crippen LogP contribution < -0.4 is 4.74 Å². The number of aromatic nitrogens is 2. The summed E-state index contributed by atoms with van der Waals surface area (Å²) in [6, 6.07) is 9.12.